The van der Waals surface area contributed by atoms with Crippen molar-refractivity contribution in [3.63, 3.8) is 0 Å². The lowest BCUT2D eigenvalue weighted by Crippen LogP contribution is -2.08. The molecule has 2 aromatic rings. The average molecular weight is 231 g/mol. The Labute approximate surface area is 101 Å². The number of aromatic nitrogens is 2. The van der Waals surface area contributed by atoms with Crippen molar-refractivity contribution >= 4 is 0 Å². The minimum Gasteiger partial charge on any atom is -0.492 e. The molecule has 0 aliphatic carbocycles. The topological polar surface area (TPSA) is 53.1 Å². The van der Waals surface area contributed by atoms with Gasteiger partial charge in [-0.15, -0.1) is 0 Å². The van der Waals surface area contributed by atoms with E-state index in [0.717, 1.165) is 18.7 Å². The molecule has 1 heterocycles. The summed E-state index contributed by atoms with van der Waals surface area (Å²) in [6.07, 6.45) is 4.58. The number of hydrogen-bond acceptors (Lipinski definition) is 3. The van der Waals surface area contributed by atoms with E-state index in [1.54, 1.807) is 6.20 Å². The van der Waals surface area contributed by atoms with Gasteiger partial charge in [-0.05, 0) is 36.7 Å². The third-order valence-electron chi connectivity index (χ3n) is 2.48. The maximum absolute atomic E-state index is 5.66. The number of benzene rings is 1. The Kier molecular flexibility index (Phi) is 4.16. The third kappa shape index (κ3) is 3.60. The van der Waals surface area contributed by atoms with Crippen LogP contribution in [0.2, 0.25) is 0 Å². The Morgan fingerprint density at radius 2 is 2.24 bits per heavy atom. The molecule has 4 heteroatoms. The average Bonchev–Trinajstić information content (AvgIpc) is 2.83. The van der Waals surface area contributed by atoms with Crippen molar-refractivity contribution in [1.82, 2.24) is 9.78 Å². The minimum absolute atomic E-state index is 0.619. The van der Waals surface area contributed by atoms with Crippen LogP contribution in [0.4, 0.5) is 0 Å². The summed E-state index contributed by atoms with van der Waals surface area (Å²) >= 11 is 0. The van der Waals surface area contributed by atoms with Gasteiger partial charge >= 0.3 is 0 Å². The van der Waals surface area contributed by atoms with Gasteiger partial charge in [0, 0.05) is 12.4 Å². The quantitative estimate of drug-likeness (QED) is 0.819. The van der Waals surface area contributed by atoms with Crippen molar-refractivity contribution < 1.29 is 4.74 Å². The molecule has 0 bridgehead atoms. The van der Waals surface area contributed by atoms with Gasteiger partial charge in [-0.25, -0.2) is 0 Å². The monoisotopic (exact) mass is 231 g/mol. The lowest BCUT2D eigenvalue weighted by molar-refractivity contribution is 0.291. The van der Waals surface area contributed by atoms with E-state index in [9.17, 15) is 0 Å². The molecule has 1 aromatic carbocycles. The molecule has 90 valence electrons. The third-order valence-corrected chi connectivity index (χ3v) is 2.48. The van der Waals surface area contributed by atoms with E-state index in [0.29, 0.717) is 13.2 Å². The largest absolute Gasteiger partial charge is 0.492 e. The molecule has 0 fully saturated rings. The van der Waals surface area contributed by atoms with Crippen LogP contribution in [-0.4, -0.2) is 22.9 Å². The highest BCUT2D eigenvalue weighted by Gasteiger charge is 1.97. The summed E-state index contributed by atoms with van der Waals surface area (Å²) in [5, 5.41) is 4.11. The molecule has 0 aliphatic heterocycles. The Balaban J connectivity index is 1.84. The van der Waals surface area contributed by atoms with Crippen LogP contribution in [0, 0.1) is 0 Å². The van der Waals surface area contributed by atoms with Gasteiger partial charge in [-0.1, -0.05) is 12.1 Å². The van der Waals surface area contributed by atoms with Crippen LogP contribution in [0.1, 0.15) is 5.56 Å². The maximum Gasteiger partial charge on any atom is 0.119 e. The van der Waals surface area contributed by atoms with E-state index in [2.05, 4.69) is 11.2 Å². The SMILES string of the molecule is NCCc1cccc(OCCn2cccn2)c1. The predicted molar refractivity (Wildman–Crippen MR) is 66.9 cm³/mol. The van der Waals surface area contributed by atoms with Gasteiger partial charge in [-0.3, -0.25) is 4.68 Å². The van der Waals surface area contributed by atoms with Crippen molar-refractivity contribution in [3.8, 4) is 5.75 Å². The van der Waals surface area contributed by atoms with E-state index < -0.39 is 0 Å². The molecule has 2 N–H and O–H groups in total. The zero-order valence-corrected chi connectivity index (χ0v) is 9.75. The summed E-state index contributed by atoms with van der Waals surface area (Å²) < 4.78 is 7.52. The normalized spacial score (nSPS) is 10.4. The first-order chi connectivity index (χ1) is 8.38. The van der Waals surface area contributed by atoms with Crippen LogP contribution < -0.4 is 10.5 Å². The second kappa shape index (κ2) is 6.06. The first-order valence-corrected chi connectivity index (χ1v) is 5.78. The number of ether oxygens (including phenoxy) is 1. The first-order valence-electron chi connectivity index (χ1n) is 5.78. The molecule has 0 unspecified atom stereocenters. The summed E-state index contributed by atoms with van der Waals surface area (Å²) in [6.45, 7) is 2.04. The molecule has 0 spiro atoms. The van der Waals surface area contributed by atoms with Crippen LogP contribution in [-0.2, 0) is 13.0 Å². The molecule has 0 aliphatic rings. The Hall–Kier alpha value is -1.81. The lowest BCUT2D eigenvalue weighted by Gasteiger charge is -2.07. The van der Waals surface area contributed by atoms with Crippen molar-refractivity contribution in [2.45, 2.75) is 13.0 Å². The number of nitrogens with two attached hydrogens (primary N) is 1. The molecule has 1 aromatic heterocycles. The van der Waals surface area contributed by atoms with E-state index in [1.165, 1.54) is 5.56 Å². The Morgan fingerprint density at radius 1 is 1.29 bits per heavy atom. The predicted octanol–water partition coefficient (Wildman–Crippen LogP) is 1.46. The number of nitrogens with zero attached hydrogens (tertiary/aromatic N) is 2. The van der Waals surface area contributed by atoms with E-state index in [1.807, 2.05) is 35.1 Å². The summed E-state index contributed by atoms with van der Waals surface area (Å²) in [5.74, 6) is 0.892. The zero-order chi connectivity index (χ0) is 11.9. The smallest absolute Gasteiger partial charge is 0.119 e. The van der Waals surface area contributed by atoms with Gasteiger partial charge < -0.3 is 10.5 Å². The van der Waals surface area contributed by atoms with E-state index >= 15 is 0 Å². The molecular formula is C13H17N3O. The van der Waals surface area contributed by atoms with E-state index in [4.69, 9.17) is 10.5 Å². The van der Waals surface area contributed by atoms with Crippen LogP contribution in [0.3, 0.4) is 0 Å². The molecule has 0 radical (unpaired) electrons. The van der Waals surface area contributed by atoms with E-state index in [-0.39, 0.29) is 0 Å². The highest BCUT2D eigenvalue weighted by atomic mass is 16.5. The van der Waals surface area contributed by atoms with Gasteiger partial charge in [0.2, 0.25) is 0 Å². The van der Waals surface area contributed by atoms with Gasteiger partial charge in [0.1, 0.15) is 12.4 Å². The second-order valence-corrected chi connectivity index (χ2v) is 3.80. The molecule has 17 heavy (non-hydrogen) atoms. The molecule has 0 saturated heterocycles. The van der Waals surface area contributed by atoms with Crippen molar-refractivity contribution in [2.75, 3.05) is 13.2 Å². The molecule has 0 amide bonds. The molecule has 0 atom stereocenters. The summed E-state index contributed by atoms with van der Waals surface area (Å²) in [4.78, 5) is 0. The van der Waals surface area contributed by atoms with Crippen molar-refractivity contribution in [2.24, 2.45) is 5.73 Å². The maximum atomic E-state index is 5.66. The zero-order valence-electron chi connectivity index (χ0n) is 9.75. The van der Waals surface area contributed by atoms with Crippen LogP contribution >= 0.6 is 0 Å². The highest BCUT2D eigenvalue weighted by Crippen LogP contribution is 2.13. The fraction of sp³-hybridized carbons (Fsp3) is 0.308. The van der Waals surface area contributed by atoms with Crippen LogP contribution in [0.25, 0.3) is 0 Å². The number of hydrogen-bond donors (Lipinski definition) is 1. The standard InChI is InChI=1S/C13H17N3O/c14-6-5-12-3-1-4-13(11-12)17-10-9-16-8-2-7-15-16/h1-4,7-8,11H,5-6,9-10,14H2. The molecule has 0 saturated carbocycles. The minimum atomic E-state index is 0.619. The molecule has 2 rings (SSSR count). The van der Waals surface area contributed by atoms with Crippen molar-refractivity contribution in [1.29, 1.82) is 0 Å². The van der Waals surface area contributed by atoms with Crippen LogP contribution in [0.15, 0.2) is 42.7 Å². The summed E-state index contributed by atoms with van der Waals surface area (Å²) in [6, 6.07) is 9.96. The van der Waals surface area contributed by atoms with Gasteiger partial charge in [0.25, 0.3) is 0 Å². The Morgan fingerprint density at radius 3 is 3.00 bits per heavy atom. The first kappa shape index (κ1) is 11.7. The van der Waals surface area contributed by atoms with Crippen LogP contribution in [0.5, 0.6) is 5.75 Å². The van der Waals surface area contributed by atoms with Gasteiger partial charge in [-0.2, -0.15) is 5.10 Å². The molecule has 4 nitrogen and oxygen atoms in total. The summed E-state index contributed by atoms with van der Waals surface area (Å²) in [5.41, 5.74) is 6.73. The highest BCUT2D eigenvalue weighted by molar-refractivity contribution is 5.28. The second-order valence-electron chi connectivity index (χ2n) is 3.80. The van der Waals surface area contributed by atoms with Gasteiger partial charge in [0.15, 0.2) is 0 Å². The van der Waals surface area contributed by atoms with Gasteiger partial charge in [0.05, 0.1) is 6.54 Å². The van der Waals surface area contributed by atoms with Crippen molar-refractivity contribution in [3.05, 3.63) is 48.3 Å². The lowest BCUT2D eigenvalue weighted by atomic mass is 10.1. The fourth-order valence-electron chi connectivity index (χ4n) is 1.65. The fourth-order valence-corrected chi connectivity index (χ4v) is 1.65. The summed E-state index contributed by atoms with van der Waals surface area (Å²) in [7, 11) is 0. The number of rotatable bonds is 6. The Bertz CT molecular complexity index is 440. The molecular weight excluding hydrogens is 214 g/mol.